The van der Waals surface area contributed by atoms with E-state index in [1.54, 1.807) is 6.92 Å². The highest BCUT2D eigenvalue weighted by molar-refractivity contribution is 6.38. The molecular weight excluding hydrogens is 646 g/mol. The number of carbonyl (C=O) groups is 7. The molecule has 1 saturated heterocycles. The third-order valence-corrected chi connectivity index (χ3v) is 10.2. The number of Topliss-reactive ketones (excluding diaryl/α,β-unsaturated/α-hetero) is 1. The average Bonchev–Trinajstić information content (AvgIpc) is 3.69. The van der Waals surface area contributed by atoms with Gasteiger partial charge in [0.05, 0.1) is 12.2 Å². The maximum Gasteiger partial charge on any atom is 0.322 e. The summed E-state index contributed by atoms with van der Waals surface area (Å²) < 4.78 is 0. The SMILES string of the molecule is CCCC(NC(=O)C1[C@H]2CCC[C@H]2CN1C(=O)[C@@H](NC(=O)[C@H](NC(=O)c1cnccn1)C1CCCCC1)C(C)(C)C)C(=O)C(=O)NCC(=O)O. The molecule has 4 rings (SSSR count). The Kier molecular flexibility index (Phi) is 13.0. The molecular formula is C35H51N7O8. The second-order valence-corrected chi connectivity index (χ2v) is 14.8. The largest absolute Gasteiger partial charge is 0.480 e. The molecule has 0 spiro atoms. The number of hydrogen-bond donors (Lipinski definition) is 5. The smallest absolute Gasteiger partial charge is 0.322 e. The van der Waals surface area contributed by atoms with Gasteiger partial charge in [0, 0.05) is 18.9 Å². The number of likely N-dealkylation sites (tertiary alicyclic amines) is 1. The van der Waals surface area contributed by atoms with Crippen molar-refractivity contribution < 1.29 is 38.7 Å². The second-order valence-electron chi connectivity index (χ2n) is 14.8. The van der Waals surface area contributed by atoms with Gasteiger partial charge in [0.2, 0.25) is 23.5 Å². The van der Waals surface area contributed by atoms with Crippen LogP contribution in [0.1, 0.15) is 102 Å². The van der Waals surface area contributed by atoms with Gasteiger partial charge in [-0.15, -0.1) is 0 Å². The van der Waals surface area contributed by atoms with Gasteiger partial charge in [-0.1, -0.05) is 59.8 Å². The quantitative estimate of drug-likeness (QED) is 0.176. The van der Waals surface area contributed by atoms with Crippen LogP contribution in [-0.4, -0.2) is 98.5 Å². The molecule has 0 radical (unpaired) electrons. The van der Waals surface area contributed by atoms with Crippen molar-refractivity contribution in [3.05, 3.63) is 24.3 Å². The maximum atomic E-state index is 14.6. The minimum atomic E-state index is -1.31. The molecule has 0 bridgehead atoms. The van der Waals surface area contributed by atoms with Crippen molar-refractivity contribution in [2.75, 3.05) is 13.1 Å². The number of carbonyl (C=O) groups excluding carboxylic acids is 6. The van der Waals surface area contributed by atoms with Gasteiger partial charge in [0.25, 0.3) is 11.8 Å². The molecule has 6 atom stereocenters. The van der Waals surface area contributed by atoms with E-state index in [0.717, 1.165) is 44.9 Å². The summed E-state index contributed by atoms with van der Waals surface area (Å²) >= 11 is 0. The van der Waals surface area contributed by atoms with Gasteiger partial charge >= 0.3 is 5.97 Å². The molecule has 5 amide bonds. The summed E-state index contributed by atoms with van der Waals surface area (Å²) in [7, 11) is 0. The lowest BCUT2D eigenvalue weighted by Gasteiger charge is -2.38. The van der Waals surface area contributed by atoms with Gasteiger partial charge in [-0.2, -0.15) is 0 Å². The van der Waals surface area contributed by atoms with Crippen LogP contribution >= 0.6 is 0 Å². The van der Waals surface area contributed by atoms with E-state index in [2.05, 4.69) is 31.2 Å². The molecule has 2 aliphatic carbocycles. The lowest BCUT2D eigenvalue weighted by atomic mass is 9.82. The first-order chi connectivity index (χ1) is 23.7. The number of ketones is 1. The van der Waals surface area contributed by atoms with Gasteiger partial charge in [0.1, 0.15) is 30.4 Å². The zero-order chi connectivity index (χ0) is 36.6. The van der Waals surface area contributed by atoms with Crippen LogP contribution in [0.2, 0.25) is 0 Å². The number of aromatic nitrogens is 2. The Morgan fingerprint density at radius 3 is 2.28 bits per heavy atom. The van der Waals surface area contributed by atoms with Gasteiger partial charge in [0.15, 0.2) is 0 Å². The van der Waals surface area contributed by atoms with Crippen molar-refractivity contribution in [1.29, 1.82) is 0 Å². The van der Waals surface area contributed by atoms with E-state index < -0.39 is 77.4 Å². The Balaban J connectivity index is 1.57. The van der Waals surface area contributed by atoms with Gasteiger partial charge in [-0.3, -0.25) is 38.5 Å². The maximum absolute atomic E-state index is 14.6. The number of hydrogen-bond acceptors (Lipinski definition) is 9. The average molecular weight is 698 g/mol. The fourth-order valence-electron chi connectivity index (χ4n) is 7.63. The fraction of sp³-hybridized carbons (Fsp3) is 0.686. The highest BCUT2D eigenvalue weighted by atomic mass is 16.4. The summed E-state index contributed by atoms with van der Waals surface area (Å²) in [5.74, 6) is -5.71. The topological polar surface area (TPSA) is 217 Å². The molecule has 0 aromatic carbocycles. The number of aliphatic carboxylic acids is 1. The molecule has 274 valence electrons. The van der Waals surface area contributed by atoms with Gasteiger partial charge in [-0.05, 0) is 55.3 Å². The lowest BCUT2D eigenvalue weighted by Crippen LogP contribution is -2.62. The third-order valence-electron chi connectivity index (χ3n) is 10.2. The van der Waals surface area contributed by atoms with Crippen molar-refractivity contribution in [3.63, 3.8) is 0 Å². The molecule has 50 heavy (non-hydrogen) atoms. The molecule has 2 unspecified atom stereocenters. The van der Waals surface area contributed by atoms with E-state index >= 15 is 0 Å². The highest BCUT2D eigenvalue weighted by Crippen LogP contribution is 2.43. The molecule has 1 aromatic rings. The van der Waals surface area contributed by atoms with Crippen LogP contribution in [0.15, 0.2) is 18.6 Å². The third kappa shape index (κ3) is 9.42. The minimum Gasteiger partial charge on any atom is -0.480 e. The normalized spacial score (nSPS) is 22.4. The number of rotatable bonds is 14. The van der Waals surface area contributed by atoms with E-state index in [0.29, 0.717) is 19.4 Å². The van der Waals surface area contributed by atoms with Crippen molar-refractivity contribution in [2.24, 2.45) is 23.2 Å². The predicted octanol–water partition coefficient (Wildman–Crippen LogP) is 1.37. The summed E-state index contributed by atoms with van der Waals surface area (Å²) in [6, 6.07) is -4.12. The van der Waals surface area contributed by atoms with Crippen LogP contribution in [0.4, 0.5) is 0 Å². The van der Waals surface area contributed by atoms with Gasteiger partial charge < -0.3 is 31.3 Å². The molecule has 15 nitrogen and oxygen atoms in total. The van der Waals surface area contributed by atoms with Crippen LogP contribution in [-0.2, 0) is 28.8 Å². The van der Waals surface area contributed by atoms with Crippen molar-refractivity contribution in [3.8, 4) is 0 Å². The van der Waals surface area contributed by atoms with Gasteiger partial charge in [-0.25, -0.2) is 4.98 Å². The Morgan fingerprint density at radius 1 is 0.940 bits per heavy atom. The van der Waals surface area contributed by atoms with Crippen LogP contribution < -0.4 is 21.3 Å². The molecule has 2 saturated carbocycles. The number of carboxylic acids is 1. The van der Waals surface area contributed by atoms with E-state index in [-0.39, 0.29) is 29.9 Å². The molecule has 2 heterocycles. The van der Waals surface area contributed by atoms with Crippen LogP contribution in [0, 0.1) is 23.2 Å². The number of fused-ring (bicyclic) bond motifs is 1. The summed E-state index contributed by atoms with van der Waals surface area (Å²) in [6.45, 7) is 6.80. The first kappa shape index (κ1) is 38.4. The predicted molar refractivity (Wildman–Crippen MR) is 180 cm³/mol. The first-order valence-corrected chi connectivity index (χ1v) is 17.7. The minimum absolute atomic E-state index is 0.0477. The van der Waals surface area contributed by atoms with Crippen molar-refractivity contribution in [2.45, 2.75) is 116 Å². The molecule has 1 aromatic heterocycles. The zero-order valence-electron chi connectivity index (χ0n) is 29.4. The number of carboxylic acid groups (broad SMARTS) is 1. The second kappa shape index (κ2) is 17.0. The van der Waals surface area contributed by atoms with Crippen molar-refractivity contribution in [1.82, 2.24) is 36.1 Å². The Hall–Kier alpha value is -4.43. The Labute approximate surface area is 292 Å². The van der Waals surface area contributed by atoms with E-state index in [4.69, 9.17) is 5.11 Å². The molecule has 5 N–H and O–H groups in total. The number of nitrogens with one attached hydrogen (secondary N) is 4. The summed E-state index contributed by atoms with van der Waals surface area (Å²) in [4.78, 5) is 102. The van der Waals surface area contributed by atoms with Crippen LogP contribution in [0.25, 0.3) is 0 Å². The number of amides is 5. The lowest BCUT2D eigenvalue weighted by molar-refractivity contribution is -0.146. The Morgan fingerprint density at radius 2 is 1.66 bits per heavy atom. The van der Waals surface area contributed by atoms with E-state index in [1.165, 1.54) is 23.5 Å². The zero-order valence-corrected chi connectivity index (χ0v) is 29.4. The van der Waals surface area contributed by atoms with Crippen molar-refractivity contribution >= 4 is 41.3 Å². The summed E-state index contributed by atoms with van der Waals surface area (Å²) in [5.41, 5.74) is -0.721. The first-order valence-electron chi connectivity index (χ1n) is 17.7. The molecule has 3 fully saturated rings. The van der Waals surface area contributed by atoms with E-state index in [9.17, 15) is 33.6 Å². The monoisotopic (exact) mass is 697 g/mol. The molecule has 3 aliphatic rings. The Bertz CT molecular complexity index is 1430. The molecule has 1 aliphatic heterocycles. The van der Waals surface area contributed by atoms with E-state index in [1.807, 2.05) is 20.8 Å². The van der Waals surface area contributed by atoms with Crippen LogP contribution in [0.5, 0.6) is 0 Å². The standard InChI is InChI=1S/C35H51N7O8/c1-5-10-23(28(45)33(49)38-18-25(43)44)39-32(48)27-22-14-9-13-21(22)19-42(27)34(50)29(35(2,3)4)41-31(47)26(20-11-7-6-8-12-20)40-30(46)24-17-36-15-16-37-24/h15-17,20-23,26-27,29H,5-14,18-19H2,1-4H3,(H,38,49)(H,39,48)(H,40,46)(H,41,47)(H,43,44)/t21-,22-,23?,26+,27?,29+/m0/s1. The number of nitrogens with zero attached hydrogens (tertiary/aromatic N) is 3. The summed E-state index contributed by atoms with van der Waals surface area (Å²) in [5, 5.41) is 19.5. The highest BCUT2D eigenvalue weighted by Gasteiger charge is 2.52. The molecule has 15 heteroatoms. The fourth-order valence-corrected chi connectivity index (χ4v) is 7.63. The van der Waals surface area contributed by atoms with Crippen LogP contribution in [0.3, 0.4) is 0 Å². The summed E-state index contributed by atoms with van der Waals surface area (Å²) in [6.07, 6.45) is 11.5.